The maximum atomic E-state index is 10.8. The van der Waals surface area contributed by atoms with E-state index in [1.165, 1.54) is 64.2 Å². The quantitative estimate of drug-likeness (QED) is 0.382. The summed E-state index contributed by atoms with van der Waals surface area (Å²) in [6, 6.07) is 0. The smallest absolute Gasteiger partial charge is 0.142 e. The Kier molecular flexibility index (Phi) is 5.36. The van der Waals surface area contributed by atoms with Crippen LogP contribution in [0.3, 0.4) is 0 Å². The van der Waals surface area contributed by atoms with E-state index in [1.807, 2.05) is 0 Å². The predicted octanol–water partition coefficient (Wildman–Crippen LogP) is 7.06. The fraction of sp³-hybridized carbons (Fsp3) is 0.885. The average Bonchev–Trinajstić information content (AvgIpc) is 3.02. The van der Waals surface area contributed by atoms with E-state index in [1.54, 1.807) is 6.08 Å². The molecular formula is C26H42O. The van der Waals surface area contributed by atoms with Gasteiger partial charge in [-0.25, -0.2) is 0 Å². The number of allylic oxidation sites excluding steroid dienone is 2. The van der Waals surface area contributed by atoms with Crippen molar-refractivity contribution in [3.63, 3.8) is 0 Å². The Hall–Kier alpha value is -0.590. The molecule has 0 radical (unpaired) electrons. The molecule has 0 aromatic carbocycles. The van der Waals surface area contributed by atoms with Gasteiger partial charge in [0.2, 0.25) is 0 Å². The lowest BCUT2D eigenvalue weighted by Crippen LogP contribution is -2.53. The maximum Gasteiger partial charge on any atom is 0.142 e. The summed E-state index contributed by atoms with van der Waals surface area (Å²) in [5.74, 6) is 6.23. The predicted molar refractivity (Wildman–Crippen MR) is 113 cm³/mol. The maximum absolute atomic E-state index is 10.8. The molecule has 0 aliphatic heterocycles. The lowest BCUT2D eigenvalue weighted by atomic mass is 9.43. The minimum absolute atomic E-state index is 0.510. The zero-order chi connectivity index (χ0) is 19.2. The number of fused-ring (bicyclic) bond motifs is 5. The van der Waals surface area contributed by atoms with E-state index in [9.17, 15) is 4.79 Å². The molecule has 2 unspecified atom stereocenters. The Morgan fingerprint density at radius 2 is 1.70 bits per heavy atom. The first-order chi connectivity index (χ1) is 12.9. The van der Waals surface area contributed by atoms with Gasteiger partial charge >= 0.3 is 0 Å². The number of hydrogen-bond acceptors (Lipinski definition) is 1. The Balaban J connectivity index is 1.56. The molecule has 4 aliphatic rings. The molecule has 27 heavy (non-hydrogen) atoms. The van der Waals surface area contributed by atoms with Crippen LogP contribution in [-0.2, 0) is 4.79 Å². The van der Waals surface area contributed by atoms with Crippen LogP contribution in [0, 0.1) is 52.3 Å². The molecule has 1 heteroatoms. The second-order valence-electron chi connectivity index (χ2n) is 11.3. The number of carbonyl (C=O) groups excluding carboxylic acids is 1. The second-order valence-corrected chi connectivity index (χ2v) is 11.3. The molecule has 0 aromatic rings. The molecule has 4 aliphatic carbocycles. The van der Waals surface area contributed by atoms with Crippen molar-refractivity contribution < 1.29 is 4.79 Å². The fourth-order valence-corrected chi connectivity index (χ4v) is 9.10. The van der Waals surface area contributed by atoms with Gasteiger partial charge in [0.1, 0.15) is 6.29 Å². The van der Waals surface area contributed by atoms with Crippen LogP contribution in [0.25, 0.3) is 0 Å². The summed E-state index contributed by atoms with van der Waals surface area (Å²) < 4.78 is 0. The topological polar surface area (TPSA) is 17.1 Å². The molecule has 0 N–H and O–H groups in total. The minimum Gasteiger partial charge on any atom is -0.299 e. The zero-order valence-electron chi connectivity index (χ0n) is 18.3. The summed E-state index contributed by atoms with van der Waals surface area (Å²) in [6.07, 6.45) is 19.5. The van der Waals surface area contributed by atoms with E-state index in [-0.39, 0.29) is 0 Å². The molecule has 0 bridgehead atoms. The molecule has 4 fully saturated rings. The van der Waals surface area contributed by atoms with Crippen LogP contribution in [0.5, 0.6) is 0 Å². The second kappa shape index (κ2) is 7.34. The number of hydrogen-bond donors (Lipinski definition) is 0. The summed E-state index contributed by atoms with van der Waals surface area (Å²) in [5, 5.41) is 0. The van der Waals surface area contributed by atoms with Crippen molar-refractivity contribution >= 4 is 6.29 Å². The molecular weight excluding hydrogens is 328 g/mol. The summed E-state index contributed by atoms with van der Waals surface area (Å²) in [7, 11) is 0. The molecule has 9 atom stereocenters. The van der Waals surface area contributed by atoms with Crippen molar-refractivity contribution in [1.29, 1.82) is 0 Å². The lowest BCUT2D eigenvalue weighted by molar-refractivity contribution is -0.122. The third-order valence-electron chi connectivity index (χ3n) is 10.5. The van der Waals surface area contributed by atoms with E-state index in [2.05, 4.69) is 33.8 Å². The van der Waals surface area contributed by atoms with Crippen LogP contribution >= 0.6 is 0 Å². The Morgan fingerprint density at radius 1 is 0.963 bits per heavy atom. The highest BCUT2D eigenvalue weighted by molar-refractivity contribution is 5.64. The molecule has 0 spiro atoms. The van der Waals surface area contributed by atoms with Gasteiger partial charge in [-0.1, -0.05) is 46.6 Å². The van der Waals surface area contributed by atoms with E-state index < -0.39 is 0 Å². The monoisotopic (exact) mass is 370 g/mol. The van der Waals surface area contributed by atoms with Gasteiger partial charge in [0.05, 0.1) is 0 Å². The van der Waals surface area contributed by atoms with Crippen LogP contribution in [0.1, 0.15) is 91.9 Å². The van der Waals surface area contributed by atoms with Gasteiger partial charge in [0.25, 0.3) is 0 Å². The van der Waals surface area contributed by atoms with Gasteiger partial charge in [-0.05, 0) is 110 Å². The van der Waals surface area contributed by atoms with Gasteiger partial charge < -0.3 is 0 Å². The van der Waals surface area contributed by atoms with Crippen molar-refractivity contribution in [2.45, 2.75) is 91.9 Å². The van der Waals surface area contributed by atoms with Gasteiger partial charge in [-0.3, -0.25) is 4.79 Å². The Morgan fingerprint density at radius 3 is 2.44 bits per heavy atom. The molecule has 4 saturated carbocycles. The van der Waals surface area contributed by atoms with Gasteiger partial charge in [0, 0.05) is 0 Å². The van der Waals surface area contributed by atoms with Crippen LogP contribution in [0.15, 0.2) is 12.2 Å². The first-order valence-electron chi connectivity index (χ1n) is 12.1. The first-order valence-corrected chi connectivity index (χ1v) is 12.1. The summed E-state index contributed by atoms with van der Waals surface area (Å²) >= 11 is 0. The summed E-state index contributed by atoms with van der Waals surface area (Å²) in [6.45, 7) is 10.1. The zero-order valence-corrected chi connectivity index (χ0v) is 18.3. The van der Waals surface area contributed by atoms with Crippen LogP contribution in [0.2, 0.25) is 0 Å². The minimum atomic E-state index is 0.510. The van der Waals surface area contributed by atoms with Gasteiger partial charge in [0.15, 0.2) is 0 Å². The van der Waals surface area contributed by atoms with E-state index in [0.717, 1.165) is 41.8 Å². The molecule has 0 saturated heterocycles. The average molecular weight is 371 g/mol. The standard InChI is InChI=1S/C26H42O/c1-5-19-8-9-20-10-11-21-23-13-12-22(18(2)7-6-16-27)25(23,3)15-14-24(21)26(20,4)17-19/h6-7,16,18-24H,5,8-15,17H2,1-4H3/t18-,19?,20?,21+,22-,23+,24+,25-,26+/m1/s1. The highest BCUT2D eigenvalue weighted by Gasteiger charge is 2.60. The van der Waals surface area contributed by atoms with Crippen molar-refractivity contribution in [3.8, 4) is 0 Å². The lowest BCUT2D eigenvalue weighted by Gasteiger charge is -2.61. The van der Waals surface area contributed by atoms with Crippen molar-refractivity contribution in [3.05, 3.63) is 12.2 Å². The van der Waals surface area contributed by atoms with E-state index >= 15 is 0 Å². The van der Waals surface area contributed by atoms with Gasteiger partial charge in [-0.2, -0.15) is 0 Å². The van der Waals surface area contributed by atoms with Gasteiger partial charge in [-0.15, -0.1) is 0 Å². The SMILES string of the molecule is CCC1CCC2CC[C@H]3[C@@H]4CC[C@H]([C@H](C)C=CC=O)[C@@]4(C)CC[C@@H]3[C@@]2(C)C1. The highest BCUT2D eigenvalue weighted by Crippen LogP contribution is 2.68. The molecule has 4 rings (SSSR count). The van der Waals surface area contributed by atoms with Crippen molar-refractivity contribution in [2.75, 3.05) is 0 Å². The normalized spacial score (nSPS) is 50.7. The van der Waals surface area contributed by atoms with Crippen LogP contribution in [0.4, 0.5) is 0 Å². The third kappa shape index (κ3) is 3.06. The van der Waals surface area contributed by atoms with Crippen LogP contribution in [-0.4, -0.2) is 6.29 Å². The molecule has 0 aromatic heterocycles. The highest BCUT2D eigenvalue weighted by atomic mass is 16.1. The van der Waals surface area contributed by atoms with Crippen LogP contribution < -0.4 is 0 Å². The molecule has 0 amide bonds. The van der Waals surface area contributed by atoms with Crippen molar-refractivity contribution in [2.24, 2.45) is 52.3 Å². The Labute approximate surface area is 167 Å². The molecule has 152 valence electrons. The fourth-order valence-electron chi connectivity index (χ4n) is 9.10. The third-order valence-corrected chi connectivity index (χ3v) is 10.5. The van der Waals surface area contributed by atoms with E-state index in [4.69, 9.17) is 0 Å². The first kappa shape index (κ1) is 19.7. The van der Waals surface area contributed by atoms with E-state index in [0.29, 0.717) is 16.7 Å². The number of rotatable bonds is 4. The number of aldehydes is 1. The number of carbonyl (C=O) groups is 1. The Bertz CT molecular complexity index is 579. The van der Waals surface area contributed by atoms with Crippen molar-refractivity contribution in [1.82, 2.24) is 0 Å². The molecule has 1 nitrogen and oxygen atoms in total. The summed E-state index contributed by atoms with van der Waals surface area (Å²) in [5.41, 5.74) is 1.14. The largest absolute Gasteiger partial charge is 0.299 e. The molecule has 0 heterocycles. The summed E-state index contributed by atoms with van der Waals surface area (Å²) in [4.78, 5) is 10.8.